The van der Waals surface area contributed by atoms with Crippen LogP contribution in [-0.4, -0.2) is 28.4 Å². The number of aromatic nitrogens is 2. The van der Waals surface area contributed by atoms with Gasteiger partial charge in [0, 0.05) is 43.2 Å². The van der Waals surface area contributed by atoms with Crippen molar-refractivity contribution < 1.29 is 0 Å². The van der Waals surface area contributed by atoms with Crippen LogP contribution in [0.3, 0.4) is 0 Å². The van der Waals surface area contributed by atoms with Crippen molar-refractivity contribution in [3.8, 4) is 0 Å². The topological polar surface area (TPSA) is 67.7 Å². The second-order valence-electron chi connectivity index (χ2n) is 4.97. The molecule has 22 heavy (non-hydrogen) atoms. The fourth-order valence-corrected chi connectivity index (χ4v) is 2.92. The Labute approximate surface area is 133 Å². The van der Waals surface area contributed by atoms with E-state index in [9.17, 15) is 0 Å². The third kappa shape index (κ3) is 3.85. The SMILES string of the molecule is NC(=NCCc1cccs1)NCCc1cn2ccccc2n1. The minimum Gasteiger partial charge on any atom is -0.370 e. The average molecular weight is 313 g/mol. The van der Waals surface area contributed by atoms with Crippen molar-refractivity contribution >= 4 is 22.9 Å². The van der Waals surface area contributed by atoms with Crippen molar-refractivity contribution in [2.45, 2.75) is 12.8 Å². The maximum Gasteiger partial charge on any atom is 0.188 e. The van der Waals surface area contributed by atoms with Gasteiger partial charge < -0.3 is 15.5 Å². The van der Waals surface area contributed by atoms with Gasteiger partial charge in [-0.3, -0.25) is 4.99 Å². The van der Waals surface area contributed by atoms with E-state index in [1.54, 1.807) is 11.3 Å². The number of thiophene rings is 1. The van der Waals surface area contributed by atoms with Gasteiger partial charge in [-0.1, -0.05) is 12.1 Å². The molecule has 0 saturated carbocycles. The molecule has 0 bridgehead atoms. The number of guanidine groups is 1. The molecule has 6 heteroatoms. The van der Waals surface area contributed by atoms with Gasteiger partial charge in [-0.05, 0) is 23.6 Å². The number of aliphatic imine (C=N–C) groups is 1. The lowest BCUT2D eigenvalue weighted by Crippen LogP contribution is -2.33. The Kier molecular flexibility index (Phi) is 4.70. The number of pyridine rings is 1. The molecule has 0 spiro atoms. The Morgan fingerprint density at radius 1 is 1.27 bits per heavy atom. The van der Waals surface area contributed by atoms with Crippen molar-refractivity contribution in [1.29, 1.82) is 0 Å². The minimum atomic E-state index is 0.500. The fraction of sp³-hybridized carbons (Fsp3) is 0.250. The van der Waals surface area contributed by atoms with Crippen LogP contribution in [0.25, 0.3) is 5.65 Å². The molecule has 5 nitrogen and oxygen atoms in total. The monoisotopic (exact) mass is 313 g/mol. The summed E-state index contributed by atoms with van der Waals surface area (Å²) in [6.07, 6.45) is 5.80. The Balaban J connectivity index is 1.43. The first-order valence-electron chi connectivity index (χ1n) is 7.30. The van der Waals surface area contributed by atoms with Crippen LogP contribution in [0.4, 0.5) is 0 Å². The van der Waals surface area contributed by atoms with Crippen LogP contribution in [0.1, 0.15) is 10.6 Å². The molecular formula is C16H19N5S. The zero-order chi connectivity index (χ0) is 15.2. The quantitative estimate of drug-likeness (QED) is 0.541. The molecule has 3 aromatic rings. The standard InChI is InChI=1S/C16H19N5S/c17-16(19-9-7-14-4-3-11-22-14)18-8-6-13-12-21-10-2-1-5-15(21)20-13/h1-5,10-12H,6-9H2,(H3,17,18,19). The van der Waals surface area contributed by atoms with E-state index in [4.69, 9.17) is 5.73 Å². The molecule has 0 atom stereocenters. The van der Waals surface area contributed by atoms with Crippen molar-refractivity contribution in [2.24, 2.45) is 10.7 Å². The fourth-order valence-electron chi connectivity index (χ4n) is 2.22. The zero-order valence-corrected chi connectivity index (χ0v) is 13.1. The summed E-state index contributed by atoms with van der Waals surface area (Å²) in [5.74, 6) is 0.500. The van der Waals surface area contributed by atoms with Crippen LogP contribution in [0.2, 0.25) is 0 Å². The summed E-state index contributed by atoms with van der Waals surface area (Å²) in [5, 5.41) is 5.22. The molecule has 0 aliphatic carbocycles. The lowest BCUT2D eigenvalue weighted by molar-refractivity contribution is 0.831. The number of hydrogen-bond acceptors (Lipinski definition) is 3. The number of rotatable bonds is 6. The molecule has 3 heterocycles. The van der Waals surface area contributed by atoms with Gasteiger partial charge in [0.25, 0.3) is 0 Å². The van der Waals surface area contributed by atoms with Gasteiger partial charge in [-0.2, -0.15) is 0 Å². The van der Waals surface area contributed by atoms with Gasteiger partial charge >= 0.3 is 0 Å². The summed E-state index contributed by atoms with van der Waals surface area (Å²) < 4.78 is 2.02. The summed E-state index contributed by atoms with van der Waals surface area (Å²) in [5.41, 5.74) is 7.88. The maximum atomic E-state index is 5.87. The van der Waals surface area contributed by atoms with Crippen LogP contribution in [0, 0.1) is 0 Å². The average Bonchev–Trinajstić information content (AvgIpc) is 3.15. The molecule has 0 saturated heterocycles. The van der Waals surface area contributed by atoms with Crippen molar-refractivity contribution in [1.82, 2.24) is 14.7 Å². The van der Waals surface area contributed by atoms with E-state index < -0.39 is 0 Å². The Bertz CT molecular complexity index is 712. The van der Waals surface area contributed by atoms with E-state index >= 15 is 0 Å². The van der Waals surface area contributed by atoms with Crippen LogP contribution >= 0.6 is 11.3 Å². The highest BCUT2D eigenvalue weighted by Crippen LogP contribution is 2.08. The molecule has 3 aromatic heterocycles. The predicted octanol–water partition coefficient (Wildman–Crippen LogP) is 2.09. The third-order valence-electron chi connectivity index (χ3n) is 3.32. The molecule has 0 aromatic carbocycles. The smallest absolute Gasteiger partial charge is 0.188 e. The van der Waals surface area contributed by atoms with E-state index in [-0.39, 0.29) is 0 Å². The Hall–Kier alpha value is -2.34. The van der Waals surface area contributed by atoms with Gasteiger partial charge in [-0.25, -0.2) is 4.98 Å². The van der Waals surface area contributed by atoms with Crippen LogP contribution in [-0.2, 0) is 12.8 Å². The highest BCUT2D eigenvalue weighted by atomic mass is 32.1. The van der Waals surface area contributed by atoms with E-state index in [0.29, 0.717) is 12.5 Å². The van der Waals surface area contributed by atoms with Crippen molar-refractivity contribution in [3.05, 3.63) is 58.7 Å². The first kappa shape index (κ1) is 14.6. The molecule has 0 radical (unpaired) electrons. The normalized spacial score (nSPS) is 11.9. The first-order chi connectivity index (χ1) is 10.8. The summed E-state index contributed by atoms with van der Waals surface area (Å²) in [4.78, 5) is 10.2. The molecule has 0 unspecified atom stereocenters. The number of nitrogens with two attached hydrogens (primary N) is 1. The lowest BCUT2D eigenvalue weighted by Gasteiger charge is -2.03. The number of fused-ring (bicyclic) bond motifs is 1. The third-order valence-corrected chi connectivity index (χ3v) is 4.26. The molecule has 0 aliphatic heterocycles. The summed E-state index contributed by atoms with van der Waals surface area (Å²) in [6, 6.07) is 10.2. The molecule has 0 fully saturated rings. The second-order valence-corrected chi connectivity index (χ2v) is 6.00. The maximum absolute atomic E-state index is 5.87. The van der Waals surface area contributed by atoms with Gasteiger partial charge in [0.2, 0.25) is 0 Å². The number of nitrogens with zero attached hydrogens (tertiary/aromatic N) is 3. The highest BCUT2D eigenvalue weighted by molar-refractivity contribution is 7.09. The van der Waals surface area contributed by atoms with Gasteiger partial charge in [0.05, 0.1) is 5.69 Å². The zero-order valence-electron chi connectivity index (χ0n) is 12.3. The van der Waals surface area contributed by atoms with Gasteiger partial charge in [0.15, 0.2) is 5.96 Å². The van der Waals surface area contributed by atoms with Crippen molar-refractivity contribution in [2.75, 3.05) is 13.1 Å². The summed E-state index contributed by atoms with van der Waals surface area (Å²) in [6.45, 7) is 1.45. The molecule has 0 amide bonds. The molecule has 114 valence electrons. The van der Waals surface area contributed by atoms with Gasteiger partial charge in [-0.15, -0.1) is 11.3 Å². The largest absolute Gasteiger partial charge is 0.370 e. The molecule has 3 rings (SSSR count). The molecular weight excluding hydrogens is 294 g/mol. The van der Waals surface area contributed by atoms with Crippen molar-refractivity contribution in [3.63, 3.8) is 0 Å². The highest BCUT2D eigenvalue weighted by Gasteiger charge is 2.01. The Morgan fingerprint density at radius 2 is 2.23 bits per heavy atom. The van der Waals surface area contributed by atoms with Crippen LogP contribution in [0.5, 0.6) is 0 Å². The summed E-state index contributed by atoms with van der Waals surface area (Å²) >= 11 is 1.75. The predicted molar refractivity (Wildman–Crippen MR) is 91.4 cm³/mol. The molecule has 3 N–H and O–H groups in total. The van der Waals surface area contributed by atoms with Crippen LogP contribution in [0.15, 0.2) is 53.1 Å². The minimum absolute atomic E-state index is 0.500. The number of nitrogens with one attached hydrogen (secondary N) is 1. The number of hydrogen-bond donors (Lipinski definition) is 2. The van der Waals surface area contributed by atoms with Crippen LogP contribution < -0.4 is 11.1 Å². The van der Waals surface area contributed by atoms with Gasteiger partial charge in [0.1, 0.15) is 5.65 Å². The number of imidazole rings is 1. The Morgan fingerprint density at radius 3 is 3.05 bits per heavy atom. The van der Waals surface area contributed by atoms with E-state index in [1.807, 2.05) is 35.0 Å². The first-order valence-corrected chi connectivity index (χ1v) is 8.18. The van der Waals surface area contributed by atoms with E-state index in [1.165, 1.54) is 4.88 Å². The summed E-state index contributed by atoms with van der Waals surface area (Å²) in [7, 11) is 0. The van der Waals surface area contributed by atoms with E-state index in [2.05, 4.69) is 32.8 Å². The lowest BCUT2D eigenvalue weighted by atomic mass is 10.3. The second kappa shape index (κ2) is 7.09. The molecule has 0 aliphatic rings. The van der Waals surface area contributed by atoms with E-state index in [0.717, 1.165) is 30.7 Å².